The molecule has 0 spiro atoms. The first kappa shape index (κ1) is 32.0. The number of rotatable bonds is 5. The fraction of sp³-hybridized carbons (Fsp3) is 0.0566. The van der Waals surface area contributed by atoms with Gasteiger partial charge in [-0.25, -0.2) is 0 Å². The van der Waals surface area contributed by atoms with Crippen LogP contribution in [0.15, 0.2) is 188 Å². The largest absolute Gasteiger partial charge is 0.310 e. The molecule has 11 rings (SSSR count). The number of anilines is 3. The summed E-state index contributed by atoms with van der Waals surface area (Å²) in [6.45, 7) is 4.72. The Morgan fingerprint density at radius 1 is 0.400 bits per heavy atom. The summed E-state index contributed by atoms with van der Waals surface area (Å²) in [4.78, 5) is 2.42. The Morgan fingerprint density at radius 2 is 0.964 bits per heavy atom. The maximum absolute atomic E-state index is 2.42. The van der Waals surface area contributed by atoms with Crippen LogP contribution in [0.5, 0.6) is 0 Å². The van der Waals surface area contributed by atoms with E-state index in [9.17, 15) is 0 Å². The number of fused-ring (bicyclic) bond motifs is 9. The molecule has 1 aromatic heterocycles. The molecule has 0 radical (unpaired) electrons. The van der Waals surface area contributed by atoms with Crippen molar-refractivity contribution in [2.75, 3.05) is 4.90 Å². The molecule has 0 amide bonds. The van der Waals surface area contributed by atoms with Gasteiger partial charge in [-0.2, -0.15) is 0 Å². The molecule has 55 heavy (non-hydrogen) atoms. The lowest BCUT2D eigenvalue weighted by Gasteiger charge is -2.28. The van der Waals surface area contributed by atoms with Crippen LogP contribution in [-0.2, 0) is 5.41 Å². The third-order valence-electron chi connectivity index (χ3n) is 11.9. The van der Waals surface area contributed by atoms with Gasteiger partial charge in [0.1, 0.15) is 0 Å². The normalized spacial score (nSPS) is 13.1. The van der Waals surface area contributed by atoms with E-state index in [1.54, 1.807) is 0 Å². The monoisotopic (exact) mass is 719 g/mol. The van der Waals surface area contributed by atoms with E-state index in [1.807, 2.05) is 11.3 Å². The molecule has 0 saturated heterocycles. The number of hydrogen-bond donors (Lipinski definition) is 0. The van der Waals surface area contributed by atoms with Crippen LogP contribution in [0.2, 0.25) is 0 Å². The minimum atomic E-state index is -0.0958. The van der Waals surface area contributed by atoms with Gasteiger partial charge >= 0.3 is 0 Å². The van der Waals surface area contributed by atoms with Crippen LogP contribution in [0.4, 0.5) is 17.1 Å². The highest BCUT2D eigenvalue weighted by atomic mass is 32.1. The van der Waals surface area contributed by atoms with E-state index in [1.165, 1.54) is 86.2 Å². The minimum absolute atomic E-state index is 0.0958. The molecule has 0 unspecified atom stereocenters. The standard InChI is InChI=1S/C53H37NS/c1-53(2)48-20-9-7-17-44(48)45-31-30-40(33-49(45)53)54(38-26-22-35(23-27-38)42-19-11-14-34-12-3-5-15-41(34)42)39-28-24-36(25-29-39)47-32-37-13-4-6-16-43(37)51-46-18-8-10-21-50(46)55-52(47)51/h3-33H,1-2H3. The third-order valence-corrected chi connectivity index (χ3v) is 13.1. The van der Waals surface area contributed by atoms with Gasteiger partial charge in [0.15, 0.2) is 0 Å². The van der Waals surface area contributed by atoms with Gasteiger partial charge in [0.05, 0.1) is 0 Å². The van der Waals surface area contributed by atoms with Crippen molar-refractivity contribution >= 4 is 70.1 Å². The lowest BCUT2D eigenvalue weighted by atomic mass is 9.82. The van der Waals surface area contributed by atoms with E-state index in [4.69, 9.17) is 0 Å². The van der Waals surface area contributed by atoms with Gasteiger partial charge in [0, 0.05) is 48.2 Å². The number of nitrogens with zero attached hydrogens (tertiary/aromatic N) is 1. The molecule has 0 aliphatic heterocycles. The highest BCUT2D eigenvalue weighted by Gasteiger charge is 2.35. The first-order valence-corrected chi connectivity index (χ1v) is 19.9. The topological polar surface area (TPSA) is 3.24 Å². The summed E-state index contributed by atoms with van der Waals surface area (Å²) in [6, 6.07) is 69.5. The minimum Gasteiger partial charge on any atom is -0.310 e. The molecule has 0 atom stereocenters. The number of hydrogen-bond acceptors (Lipinski definition) is 2. The molecule has 10 aromatic rings. The highest BCUT2D eigenvalue weighted by molar-refractivity contribution is 7.26. The van der Waals surface area contributed by atoms with Crippen LogP contribution in [0.25, 0.3) is 75.1 Å². The Kier molecular flexibility index (Phi) is 7.14. The van der Waals surface area contributed by atoms with Gasteiger partial charge in [0.25, 0.3) is 0 Å². The van der Waals surface area contributed by atoms with Gasteiger partial charge in [-0.3, -0.25) is 0 Å². The molecule has 1 nitrogen and oxygen atoms in total. The van der Waals surface area contributed by atoms with Crippen LogP contribution in [0.1, 0.15) is 25.0 Å². The summed E-state index contributed by atoms with van der Waals surface area (Å²) in [5.74, 6) is 0. The molecule has 260 valence electrons. The van der Waals surface area contributed by atoms with Crippen LogP contribution in [-0.4, -0.2) is 0 Å². The molecule has 0 N–H and O–H groups in total. The second-order valence-corrected chi connectivity index (χ2v) is 16.4. The quantitative estimate of drug-likeness (QED) is 0.171. The molecule has 0 fully saturated rings. The van der Waals surface area contributed by atoms with Crippen molar-refractivity contribution in [1.82, 2.24) is 0 Å². The first-order chi connectivity index (χ1) is 27.0. The lowest BCUT2D eigenvalue weighted by Crippen LogP contribution is -2.16. The van der Waals surface area contributed by atoms with E-state index < -0.39 is 0 Å². The Bertz CT molecular complexity index is 3110. The van der Waals surface area contributed by atoms with Crippen molar-refractivity contribution in [2.45, 2.75) is 19.3 Å². The fourth-order valence-corrected chi connectivity index (χ4v) is 10.4. The summed E-state index contributed by atoms with van der Waals surface area (Å²) in [5, 5.41) is 7.80. The molecule has 1 aliphatic rings. The van der Waals surface area contributed by atoms with Crippen molar-refractivity contribution in [3.63, 3.8) is 0 Å². The maximum atomic E-state index is 2.42. The Morgan fingerprint density at radius 3 is 1.75 bits per heavy atom. The maximum Gasteiger partial charge on any atom is 0.0465 e. The fourth-order valence-electron chi connectivity index (χ4n) is 9.12. The SMILES string of the molecule is CC1(C)c2ccccc2-c2ccc(N(c3ccc(-c4cccc5ccccc45)cc3)c3ccc(-c4cc5ccccc5c5c4sc4ccccc45)cc3)cc21. The zero-order valence-electron chi connectivity index (χ0n) is 30.8. The van der Waals surface area contributed by atoms with Gasteiger partial charge < -0.3 is 4.90 Å². The van der Waals surface area contributed by atoms with Crippen molar-refractivity contribution in [3.8, 4) is 33.4 Å². The Balaban J connectivity index is 1.06. The van der Waals surface area contributed by atoms with Crippen LogP contribution >= 0.6 is 11.3 Å². The smallest absolute Gasteiger partial charge is 0.0465 e. The Hall–Kier alpha value is -6.48. The zero-order chi connectivity index (χ0) is 36.7. The molecule has 1 heterocycles. The molecular weight excluding hydrogens is 683 g/mol. The molecule has 0 bridgehead atoms. The number of thiophene rings is 1. The van der Waals surface area contributed by atoms with E-state index >= 15 is 0 Å². The highest BCUT2D eigenvalue weighted by Crippen LogP contribution is 2.51. The average Bonchev–Trinajstić information content (AvgIpc) is 3.74. The van der Waals surface area contributed by atoms with Crippen LogP contribution in [0.3, 0.4) is 0 Å². The number of benzene rings is 9. The predicted molar refractivity (Wildman–Crippen MR) is 237 cm³/mol. The van der Waals surface area contributed by atoms with Crippen LogP contribution < -0.4 is 4.90 Å². The predicted octanol–water partition coefficient (Wildman–Crippen LogP) is 15.5. The second kappa shape index (κ2) is 12.3. The summed E-state index contributed by atoms with van der Waals surface area (Å²) < 4.78 is 2.67. The van der Waals surface area contributed by atoms with Crippen LogP contribution in [0, 0.1) is 0 Å². The Labute approximate surface area is 325 Å². The summed E-state index contributed by atoms with van der Waals surface area (Å²) in [5.41, 5.74) is 13.7. The molecule has 0 saturated carbocycles. The van der Waals surface area contributed by atoms with E-state index in [-0.39, 0.29) is 5.41 Å². The van der Waals surface area contributed by atoms with E-state index in [0.29, 0.717) is 0 Å². The lowest BCUT2D eigenvalue weighted by molar-refractivity contribution is 0.660. The molecule has 2 heteroatoms. The van der Waals surface area contributed by atoms with E-state index in [2.05, 4.69) is 207 Å². The van der Waals surface area contributed by atoms with Gasteiger partial charge in [-0.15, -0.1) is 11.3 Å². The summed E-state index contributed by atoms with van der Waals surface area (Å²) in [6.07, 6.45) is 0. The third kappa shape index (κ3) is 4.99. The van der Waals surface area contributed by atoms with Crippen molar-refractivity contribution in [3.05, 3.63) is 199 Å². The van der Waals surface area contributed by atoms with Crippen molar-refractivity contribution in [1.29, 1.82) is 0 Å². The molecule has 1 aliphatic carbocycles. The molecule has 9 aromatic carbocycles. The van der Waals surface area contributed by atoms with Gasteiger partial charge in [0.2, 0.25) is 0 Å². The first-order valence-electron chi connectivity index (χ1n) is 19.1. The zero-order valence-corrected chi connectivity index (χ0v) is 31.6. The second-order valence-electron chi connectivity index (χ2n) is 15.3. The average molecular weight is 720 g/mol. The van der Waals surface area contributed by atoms with Gasteiger partial charge in [-0.05, 0) is 109 Å². The summed E-state index contributed by atoms with van der Waals surface area (Å²) in [7, 11) is 0. The van der Waals surface area contributed by atoms with Crippen molar-refractivity contribution in [2.24, 2.45) is 0 Å². The van der Waals surface area contributed by atoms with Crippen molar-refractivity contribution < 1.29 is 0 Å². The molecular formula is C53H37NS. The summed E-state index contributed by atoms with van der Waals surface area (Å²) >= 11 is 1.90. The van der Waals surface area contributed by atoms with E-state index in [0.717, 1.165) is 17.1 Å². The van der Waals surface area contributed by atoms with Gasteiger partial charge in [-0.1, -0.05) is 153 Å².